The maximum atomic E-state index is 12.6. The van der Waals surface area contributed by atoms with Crippen LogP contribution in [0.25, 0.3) is 10.9 Å². The molecule has 0 radical (unpaired) electrons. The molecule has 0 saturated heterocycles. The third-order valence-electron chi connectivity index (χ3n) is 4.33. The lowest BCUT2D eigenvalue weighted by Gasteiger charge is -2.09. The van der Waals surface area contributed by atoms with Crippen molar-refractivity contribution < 1.29 is 14.7 Å². The maximum Gasteiger partial charge on any atom is 0.352 e. The van der Waals surface area contributed by atoms with Gasteiger partial charge in [-0.2, -0.15) is 0 Å². The summed E-state index contributed by atoms with van der Waals surface area (Å²) in [4.78, 5) is 24.4. The molecule has 0 bridgehead atoms. The molecule has 0 aliphatic rings. The van der Waals surface area contributed by atoms with E-state index in [1.54, 1.807) is 4.57 Å². The van der Waals surface area contributed by atoms with Gasteiger partial charge in [-0.25, -0.2) is 4.79 Å². The average molecular weight is 415 g/mol. The lowest BCUT2D eigenvalue weighted by molar-refractivity contribution is -0.115. The maximum absolute atomic E-state index is 12.6. The van der Waals surface area contributed by atoms with E-state index in [0.29, 0.717) is 17.8 Å². The molecule has 6 heteroatoms. The fourth-order valence-corrected chi connectivity index (χ4v) is 3.80. The Morgan fingerprint density at radius 2 is 1.92 bits per heavy atom. The molecule has 2 N–H and O–H groups in total. The largest absolute Gasteiger partial charge is 0.477 e. The second kappa shape index (κ2) is 7.33. The van der Waals surface area contributed by atoms with Crippen LogP contribution in [0, 0.1) is 6.92 Å². The molecular formula is C20H19BrN2O3. The zero-order valence-electron chi connectivity index (χ0n) is 14.5. The van der Waals surface area contributed by atoms with Gasteiger partial charge in [-0.15, -0.1) is 0 Å². The van der Waals surface area contributed by atoms with E-state index < -0.39 is 5.97 Å². The number of rotatable bonds is 5. The summed E-state index contributed by atoms with van der Waals surface area (Å²) in [5.74, 6) is -1.28. The highest BCUT2D eigenvalue weighted by molar-refractivity contribution is 9.10. The number of benzene rings is 2. The van der Waals surface area contributed by atoms with E-state index in [9.17, 15) is 14.7 Å². The van der Waals surface area contributed by atoms with Crippen molar-refractivity contribution in [3.8, 4) is 0 Å². The minimum absolute atomic E-state index is 0.00450. The number of para-hydroxylation sites is 1. The molecule has 1 heterocycles. The summed E-state index contributed by atoms with van der Waals surface area (Å²) < 4.78 is 2.53. The highest BCUT2D eigenvalue weighted by Crippen LogP contribution is 2.28. The van der Waals surface area contributed by atoms with Crippen LogP contribution in [0.1, 0.15) is 28.5 Å². The molecule has 26 heavy (non-hydrogen) atoms. The first-order chi connectivity index (χ1) is 12.4. The number of carboxylic acids is 1. The van der Waals surface area contributed by atoms with Crippen LogP contribution >= 0.6 is 15.9 Å². The zero-order valence-corrected chi connectivity index (χ0v) is 16.1. The van der Waals surface area contributed by atoms with E-state index >= 15 is 0 Å². The molecule has 134 valence electrons. The number of aryl methyl sites for hydroxylation is 2. The van der Waals surface area contributed by atoms with E-state index in [1.807, 2.05) is 56.3 Å². The van der Waals surface area contributed by atoms with Crippen LogP contribution in [-0.4, -0.2) is 21.6 Å². The number of fused-ring (bicyclic) bond motifs is 1. The van der Waals surface area contributed by atoms with E-state index in [2.05, 4.69) is 21.2 Å². The van der Waals surface area contributed by atoms with Gasteiger partial charge in [-0.05, 0) is 53.5 Å². The van der Waals surface area contributed by atoms with Crippen molar-refractivity contribution >= 4 is 44.4 Å². The first-order valence-electron chi connectivity index (χ1n) is 8.31. The van der Waals surface area contributed by atoms with Crippen LogP contribution in [0.2, 0.25) is 0 Å². The average Bonchev–Trinajstić information content (AvgIpc) is 2.91. The lowest BCUT2D eigenvalue weighted by Crippen LogP contribution is -2.17. The minimum Gasteiger partial charge on any atom is -0.477 e. The molecule has 0 saturated carbocycles. The molecule has 1 aromatic heterocycles. The standard InChI is InChI=1S/C20H19BrN2O3/c1-3-23-17-7-5-4-6-13(17)14(19(23)20(25)26)11-18(24)22-16-9-8-12(2)10-15(16)21/h4-10H,3,11H2,1-2H3,(H,22,24)(H,25,26). The molecule has 5 nitrogen and oxygen atoms in total. The van der Waals surface area contributed by atoms with Gasteiger partial charge in [0.1, 0.15) is 5.69 Å². The van der Waals surface area contributed by atoms with Crippen molar-refractivity contribution in [1.82, 2.24) is 4.57 Å². The van der Waals surface area contributed by atoms with Crippen LogP contribution in [0.15, 0.2) is 46.9 Å². The Hall–Kier alpha value is -2.60. The fourth-order valence-electron chi connectivity index (χ4n) is 3.20. The van der Waals surface area contributed by atoms with Crippen LogP contribution in [0.4, 0.5) is 5.69 Å². The van der Waals surface area contributed by atoms with Crippen molar-refractivity contribution in [3.63, 3.8) is 0 Å². The first-order valence-corrected chi connectivity index (χ1v) is 9.11. The number of hydrogen-bond acceptors (Lipinski definition) is 2. The summed E-state index contributed by atoms with van der Waals surface area (Å²) in [6, 6.07) is 13.1. The summed E-state index contributed by atoms with van der Waals surface area (Å²) in [7, 11) is 0. The molecule has 0 fully saturated rings. The van der Waals surface area contributed by atoms with Gasteiger partial charge in [0.15, 0.2) is 0 Å². The molecule has 0 atom stereocenters. The van der Waals surface area contributed by atoms with E-state index in [0.717, 1.165) is 20.9 Å². The number of halogens is 1. The van der Waals surface area contributed by atoms with Crippen LogP contribution in [0.3, 0.4) is 0 Å². The van der Waals surface area contributed by atoms with Crippen LogP contribution < -0.4 is 5.32 Å². The number of amides is 1. The van der Waals surface area contributed by atoms with Gasteiger partial charge in [0.2, 0.25) is 5.91 Å². The van der Waals surface area contributed by atoms with E-state index in [4.69, 9.17) is 0 Å². The second-order valence-electron chi connectivity index (χ2n) is 6.10. The van der Waals surface area contributed by atoms with Gasteiger partial charge >= 0.3 is 5.97 Å². The molecule has 0 spiro atoms. The van der Waals surface area contributed by atoms with Crippen molar-refractivity contribution in [2.24, 2.45) is 0 Å². The molecule has 0 aliphatic carbocycles. The second-order valence-corrected chi connectivity index (χ2v) is 6.96. The first kappa shape index (κ1) is 18.2. The summed E-state index contributed by atoms with van der Waals surface area (Å²) in [5, 5.41) is 13.3. The monoisotopic (exact) mass is 414 g/mol. The predicted molar refractivity (Wildman–Crippen MR) is 106 cm³/mol. The van der Waals surface area contributed by atoms with Gasteiger partial charge in [-0.3, -0.25) is 4.79 Å². The number of anilines is 1. The topological polar surface area (TPSA) is 71.3 Å². The van der Waals surface area contributed by atoms with E-state index in [1.165, 1.54) is 0 Å². The minimum atomic E-state index is -1.03. The van der Waals surface area contributed by atoms with Crippen LogP contribution in [0.5, 0.6) is 0 Å². The predicted octanol–water partition coefficient (Wildman–Crippen LogP) is 4.61. The lowest BCUT2D eigenvalue weighted by atomic mass is 10.1. The Labute approximate surface area is 159 Å². The molecule has 2 aromatic carbocycles. The SMILES string of the molecule is CCn1c(C(=O)O)c(CC(=O)Nc2ccc(C)cc2Br)c2ccccc21. The van der Waals surface area contributed by atoms with Crippen molar-refractivity contribution in [3.05, 3.63) is 63.8 Å². The number of carboxylic acid groups (broad SMARTS) is 1. The molecule has 0 unspecified atom stereocenters. The van der Waals surface area contributed by atoms with Crippen molar-refractivity contribution in [1.29, 1.82) is 0 Å². The van der Waals surface area contributed by atoms with Crippen LogP contribution in [-0.2, 0) is 17.8 Å². The Balaban J connectivity index is 1.98. The molecule has 3 rings (SSSR count). The number of nitrogens with one attached hydrogen (secondary N) is 1. The van der Waals surface area contributed by atoms with Gasteiger partial charge < -0.3 is 15.0 Å². The van der Waals surface area contributed by atoms with Gasteiger partial charge in [0, 0.05) is 27.5 Å². The fraction of sp³-hybridized carbons (Fsp3) is 0.200. The van der Waals surface area contributed by atoms with E-state index in [-0.39, 0.29) is 18.0 Å². The quantitative estimate of drug-likeness (QED) is 0.639. The number of aromatic nitrogens is 1. The molecular weight excluding hydrogens is 396 g/mol. The number of nitrogens with zero attached hydrogens (tertiary/aromatic N) is 1. The Morgan fingerprint density at radius 3 is 2.58 bits per heavy atom. The third-order valence-corrected chi connectivity index (χ3v) is 4.99. The smallest absolute Gasteiger partial charge is 0.352 e. The van der Waals surface area contributed by atoms with Crippen molar-refractivity contribution in [2.75, 3.05) is 5.32 Å². The Bertz CT molecular complexity index is 1010. The molecule has 3 aromatic rings. The van der Waals surface area contributed by atoms with Gasteiger partial charge in [0.05, 0.1) is 12.1 Å². The third kappa shape index (κ3) is 3.37. The normalized spacial score (nSPS) is 10.9. The Morgan fingerprint density at radius 1 is 1.19 bits per heavy atom. The molecule has 0 aliphatic heterocycles. The summed E-state index contributed by atoms with van der Waals surface area (Å²) in [6.45, 7) is 4.38. The summed E-state index contributed by atoms with van der Waals surface area (Å²) in [5.41, 5.74) is 3.28. The Kier molecular flexibility index (Phi) is 5.13. The number of aromatic carboxylic acids is 1. The number of carbonyl (C=O) groups is 2. The number of hydrogen-bond donors (Lipinski definition) is 2. The van der Waals surface area contributed by atoms with Gasteiger partial charge in [-0.1, -0.05) is 24.3 Å². The highest BCUT2D eigenvalue weighted by Gasteiger charge is 2.23. The summed E-state index contributed by atoms with van der Waals surface area (Å²) >= 11 is 3.44. The summed E-state index contributed by atoms with van der Waals surface area (Å²) in [6.07, 6.45) is -0.00450. The zero-order chi connectivity index (χ0) is 18.8. The van der Waals surface area contributed by atoms with Crippen molar-refractivity contribution in [2.45, 2.75) is 26.8 Å². The molecule has 1 amide bonds. The van der Waals surface area contributed by atoms with Gasteiger partial charge in [0.25, 0.3) is 0 Å². The number of carbonyl (C=O) groups excluding carboxylic acids is 1. The highest BCUT2D eigenvalue weighted by atomic mass is 79.9.